The van der Waals surface area contributed by atoms with Crippen LogP contribution in [0.15, 0.2) is 36.5 Å². The summed E-state index contributed by atoms with van der Waals surface area (Å²) in [4.78, 5) is 0. The summed E-state index contributed by atoms with van der Waals surface area (Å²) in [5.74, 6) is 0.872. The zero-order valence-electron chi connectivity index (χ0n) is 14.4. The van der Waals surface area contributed by atoms with Gasteiger partial charge in [0.05, 0.1) is 24.7 Å². The van der Waals surface area contributed by atoms with Crippen LogP contribution in [0.25, 0.3) is 11.3 Å². The highest BCUT2D eigenvalue weighted by molar-refractivity contribution is 5.62. The first-order chi connectivity index (χ1) is 11.8. The van der Waals surface area contributed by atoms with E-state index in [2.05, 4.69) is 36.6 Å². The SMILES string of the molecule is CC1CCC(NCc2cn(CCC#N)nc2-c2ccccc2)CC1. The second-order valence-electron chi connectivity index (χ2n) is 6.88. The van der Waals surface area contributed by atoms with Gasteiger partial charge in [0.15, 0.2) is 0 Å². The smallest absolute Gasteiger partial charge is 0.0968 e. The van der Waals surface area contributed by atoms with Crippen molar-refractivity contribution in [2.75, 3.05) is 0 Å². The molecule has 1 heterocycles. The largest absolute Gasteiger partial charge is 0.310 e. The topological polar surface area (TPSA) is 53.6 Å². The maximum atomic E-state index is 8.81. The van der Waals surface area contributed by atoms with Crippen molar-refractivity contribution in [3.8, 4) is 17.3 Å². The highest BCUT2D eigenvalue weighted by atomic mass is 15.3. The van der Waals surface area contributed by atoms with E-state index in [0.717, 1.165) is 23.7 Å². The molecule has 1 aromatic heterocycles. The molecule has 4 heteroatoms. The van der Waals surface area contributed by atoms with Crippen molar-refractivity contribution in [1.29, 1.82) is 5.26 Å². The van der Waals surface area contributed by atoms with E-state index in [4.69, 9.17) is 10.4 Å². The zero-order chi connectivity index (χ0) is 16.8. The van der Waals surface area contributed by atoms with Gasteiger partial charge in [-0.3, -0.25) is 4.68 Å². The van der Waals surface area contributed by atoms with Gasteiger partial charge in [-0.05, 0) is 31.6 Å². The third-order valence-corrected chi connectivity index (χ3v) is 4.93. The second-order valence-corrected chi connectivity index (χ2v) is 6.88. The molecule has 1 aliphatic rings. The number of hydrogen-bond donors (Lipinski definition) is 1. The molecule has 2 aromatic rings. The second kappa shape index (κ2) is 8.12. The van der Waals surface area contributed by atoms with Crippen LogP contribution >= 0.6 is 0 Å². The Morgan fingerprint density at radius 3 is 2.67 bits per heavy atom. The third kappa shape index (κ3) is 4.24. The summed E-state index contributed by atoms with van der Waals surface area (Å²) in [6.45, 7) is 3.84. The summed E-state index contributed by atoms with van der Waals surface area (Å²) >= 11 is 0. The van der Waals surface area contributed by atoms with Gasteiger partial charge in [0.1, 0.15) is 0 Å². The van der Waals surface area contributed by atoms with Crippen LogP contribution in [0.2, 0.25) is 0 Å². The Hall–Kier alpha value is -2.12. The fourth-order valence-corrected chi connectivity index (χ4v) is 3.43. The van der Waals surface area contributed by atoms with Crippen molar-refractivity contribution >= 4 is 0 Å². The van der Waals surface area contributed by atoms with E-state index in [-0.39, 0.29) is 0 Å². The number of rotatable bonds is 6. The Kier molecular flexibility index (Phi) is 5.66. The van der Waals surface area contributed by atoms with Crippen molar-refractivity contribution < 1.29 is 0 Å². The lowest BCUT2D eigenvalue weighted by atomic mass is 9.87. The van der Waals surface area contributed by atoms with E-state index in [1.807, 2.05) is 22.9 Å². The molecule has 0 aliphatic heterocycles. The van der Waals surface area contributed by atoms with Gasteiger partial charge in [-0.1, -0.05) is 37.3 Å². The van der Waals surface area contributed by atoms with E-state index < -0.39 is 0 Å². The molecule has 0 amide bonds. The number of nitrogens with one attached hydrogen (secondary N) is 1. The van der Waals surface area contributed by atoms with Crippen molar-refractivity contribution in [3.05, 3.63) is 42.1 Å². The average molecular weight is 322 g/mol. The normalized spacial score (nSPS) is 20.7. The predicted octanol–water partition coefficient (Wildman–Crippen LogP) is 4.13. The summed E-state index contributed by atoms with van der Waals surface area (Å²) in [5, 5.41) is 17.3. The molecule has 1 saturated carbocycles. The van der Waals surface area contributed by atoms with Crippen LogP contribution in [0.5, 0.6) is 0 Å². The lowest BCUT2D eigenvalue weighted by molar-refractivity contribution is 0.306. The molecular weight excluding hydrogens is 296 g/mol. The van der Waals surface area contributed by atoms with E-state index in [0.29, 0.717) is 19.0 Å². The van der Waals surface area contributed by atoms with Crippen LogP contribution in [0.4, 0.5) is 0 Å². The Labute approximate surface area is 144 Å². The molecule has 1 fully saturated rings. The standard InChI is InChI=1S/C20H26N4/c1-16-8-10-19(11-9-16)22-14-18-15-24(13-5-12-21)23-20(18)17-6-3-2-4-7-17/h2-4,6-7,15-16,19,22H,5,8-11,13-14H2,1H3. The van der Waals surface area contributed by atoms with Gasteiger partial charge in [-0.15, -0.1) is 0 Å². The van der Waals surface area contributed by atoms with Gasteiger partial charge in [-0.25, -0.2) is 0 Å². The Morgan fingerprint density at radius 1 is 1.21 bits per heavy atom. The van der Waals surface area contributed by atoms with Crippen molar-refractivity contribution in [3.63, 3.8) is 0 Å². The molecule has 0 spiro atoms. The fraction of sp³-hybridized carbons (Fsp3) is 0.500. The van der Waals surface area contributed by atoms with Crippen molar-refractivity contribution in [1.82, 2.24) is 15.1 Å². The molecule has 24 heavy (non-hydrogen) atoms. The highest BCUT2D eigenvalue weighted by Gasteiger charge is 2.19. The molecule has 0 atom stereocenters. The molecule has 3 rings (SSSR count). The molecule has 1 aliphatic carbocycles. The molecule has 126 valence electrons. The highest BCUT2D eigenvalue weighted by Crippen LogP contribution is 2.25. The molecule has 1 N–H and O–H groups in total. The van der Waals surface area contributed by atoms with E-state index >= 15 is 0 Å². The summed E-state index contributed by atoms with van der Waals surface area (Å²) in [5.41, 5.74) is 3.39. The van der Waals surface area contributed by atoms with E-state index in [1.165, 1.54) is 31.2 Å². The quantitative estimate of drug-likeness (QED) is 0.870. The number of hydrogen-bond acceptors (Lipinski definition) is 3. The summed E-state index contributed by atoms with van der Waals surface area (Å²) in [7, 11) is 0. The first-order valence-corrected chi connectivity index (χ1v) is 8.98. The lowest BCUT2D eigenvalue weighted by Crippen LogP contribution is -2.32. The minimum atomic E-state index is 0.489. The van der Waals surface area contributed by atoms with Gasteiger partial charge in [0.25, 0.3) is 0 Å². The van der Waals surface area contributed by atoms with Crippen LogP contribution in [0.3, 0.4) is 0 Å². The van der Waals surface area contributed by atoms with Crippen LogP contribution in [-0.4, -0.2) is 15.8 Å². The fourth-order valence-electron chi connectivity index (χ4n) is 3.43. The molecule has 0 saturated heterocycles. The first-order valence-electron chi connectivity index (χ1n) is 8.98. The van der Waals surface area contributed by atoms with Crippen LogP contribution in [0, 0.1) is 17.2 Å². The Morgan fingerprint density at radius 2 is 1.96 bits per heavy atom. The molecule has 4 nitrogen and oxygen atoms in total. The van der Waals surface area contributed by atoms with Crippen LogP contribution < -0.4 is 5.32 Å². The summed E-state index contributed by atoms with van der Waals surface area (Å²) in [6, 6.07) is 13.1. The summed E-state index contributed by atoms with van der Waals surface area (Å²) < 4.78 is 1.91. The van der Waals surface area contributed by atoms with E-state index in [9.17, 15) is 0 Å². The lowest BCUT2D eigenvalue weighted by Gasteiger charge is -2.27. The number of aromatic nitrogens is 2. The third-order valence-electron chi connectivity index (χ3n) is 4.93. The van der Waals surface area contributed by atoms with E-state index in [1.54, 1.807) is 0 Å². The molecular formula is C20H26N4. The number of nitrogens with zero attached hydrogens (tertiary/aromatic N) is 3. The average Bonchev–Trinajstić information content (AvgIpc) is 3.03. The van der Waals surface area contributed by atoms with Gasteiger partial charge < -0.3 is 5.32 Å². The van der Waals surface area contributed by atoms with Gasteiger partial charge in [0.2, 0.25) is 0 Å². The number of aryl methyl sites for hydroxylation is 1. The molecule has 1 aromatic carbocycles. The van der Waals surface area contributed by atoms with Gasteiger partial charge in [-0.2, -0.15) is 10.4 Å². The Balaban J connectivity index is 1.72. The number of nitriles is 1. The zero-order valence-corrected chi connectivity index (χ0v) is 14.4. The maximum absolute atomic E-state index is 8.81. The van der Waals surface area contributed by atoms with Crippen LogP contribution in [0.1, 0.15) is 44.6 Å². The summed E-state index contributed by atoms with van der Waals surface area (Å²) in [6.07, 6.45) is 7.77. The number of benzene rings is 1. The van der Waals surface area contributed by atoms with Gasteiger partial charge in [0, 0.05) is 29.9 Å². The molecule has 0 radical (unpaired) electrons. The monoisotopic (exact) mass is 322 g/mol. The minimum Gasteiger partial charge on any atom is -0.310 e. The van der Waals surface area contributed by atoms with Crippen molar-refractivity contribution in [2.45, 2.75) is 58.2 Å². The minimum absolute atomic E-state index is 0.489. The van der Waals surface area contributed by atoms with Crippen molar-refractivity contribution in [2.24, 2.45) is 5.92 Å². The first kappa shape index (κ1) is 16.7. The Bertz CT molecular complexity index is 675. The van der Waals surface area contributed by atoms with Gasteiger partial charge >= 0.3 is 0 Å². The van der Waals surface area contributed by atoms with Crippen LogP contribution in [-0.2, 0) is 13.1 Å². The molecule has 0 bridgehead atoms. The predicted molar refractivity (Wildman–Crippen MR) is 96.2 cm³/mol. The molecule has 0 unspecified atom stereocenters. The maximum Gasteiger partial charge on any atom is 0.0968 e.